The van der Waals surface area contributed by atoms with Crippen molar-refractivity contribution in [3.05, 3.63) is 39.8 Å². The molecule has 2 N–H and O–H groups in total. The lowest BCUT2D eigenvalue weighted by Gasteiger charge is -2.13. The summed E-state index contributed by atoms with van der Waals surface area (Å²) in [6, 6.07) is 5.66. The van der Waals surface area contributed by atoms with Crippen LogP contribution >= 0.6 is 11.3 Å². The first-order valence-corrected chi connectivity index (χ1v) is 7.19. The van der Waals surface area contributed by atoms with Crippen LogP contribution in [0.25, 0.3) is 0 Å². The molecule has 0 bridgehead atoms. The zero-order valence-corrected chi connectivity index (χ0v) is 11.6. The van der Waals surface area contributed by atoms with Gasteiger partial charge in [0.15, 0.2) is 11.5 Å². The quantitative estimate of drug-likeness (QED) is 0.916. The molecule has 100 valence electrons. The Morgan fingerprint density at radius 2 is 2.05 bits per heavy atom. The number of ether oxygens (including phenoxy) is 2. The smallest absolute Gasteiger partial charge is 0.161 e. The van der Waals surface area contributed by atoms with Crippen molar-refractivity contribution >= 4 is 11.3 Å². The molecule has 1 aliphatic rings. The first kappa shape index (κ1) is 12.4. The highest BCUT2D eigenvalue weighted by atomic mass is 32.1. The van der Waals surface area contributed by atoms with Crippen molar-refractivity contribution in [3.63, 3.8) is 0 Å². The number of hydrogen-bond acceptors (Lipinski definition) is 5. The molecule has 5 heteroatoms. The van der Waals surface area contributed by atoms with Gasteiger partial charge in [0, 0.05) is 17.5 Å². The largest absolute Gasteiger partial charge is 0.490 e. The number of benzene rings is 1. The molecule has 19 heavy (non-hydrogen) atoms. The van der Waals surface area contributed by atoms with Crippen molar-refractivity contribution in [1.82, 2.24) is 4.98 Å². The molecule has 0 radical (unpaired) electrons. The van der Waals surface area contributed by atoms with Gasteiger partial charge in [-0.25, -0.2) is 4.98 Å². The van der Waals surface area contributed by atoms with Crippen molar-refractivity contribution in [1.29, 1.82) is 0 Å². The second-order valence-corrected chi connectivity index (χ2v) is 5.45. The van der Waals surface area contributed by atoms with Gasteiger partial charge in [-0.05, 0) is 24.6 Å². The Hall–Kier alpha value is -1.59. The van der Waals surface area contributed by atoms with Crippen molar-refractivity contribution in [2.45, 2.75) is 19.4 Å². The van der Waals surface area contributed by atoms with E-state index in [2.05, 4.69) is 4.98 Å². The van der Waals surface area contributed by atoms with Gasteiger partial charge in [0.2, 0.25) is 0 Å². The van der Waals surface area contributed by atoms with Crippen molar-refractivity contribution in [2.75, 3.05) is 13.2 Å². The first-order valence-electron chi connectivity index (χ1n) is 6.31. The van der Waals surface area contributed by atoms with Gasteiger partial charge in [-0.3, -0.25) is 0 Å². The van der Waals surface area contributed by atoms with Gasteiger partial charge >= 0.3 is 0 Å². The third-order valence-electron chi connectivity index (χ3n) is 3.03. The van der Waals surface area contributed by atoms with Crippen LogP contribution in [0, 0.1) is 6.92 Å². The highest BCUT2D eigenvalue weighted by molar-refractivity contribution is 7.09. The fourth-order valence-corrected chi connectivity index (χ4v) is 2.85. The molecular weight excluding hydrogens is 260 g/mol. The Kier molecular flexibility index (Phi) is 3.40. The fourth-order valence-electron chi connectivity index (χ4n) is 2.03. The van der Waals surface area contributed by atoms with Gasteiger partial charge in [0.25, 0.3) is 0 Å². The van der Waals surface area contributed by atoms with Crippen LogP contribution in [0.15, 0.2) is 23.6 Å². The maximum Gasteiger partial charge on any atom is 0.161 e. The fraction of sp³-hybridized carbons (Fsp3) is 0.357. The molecule has 3 rings (SSSR count). The van der Waals surface area contributed by atoms with Crippen molar-refractivity contribution in [2.24, 2.45) is 5.73 Å². The summed E-state index contributed by atoms with van der Waals surface area (Å²) < 4.78 is 11.3. The Labute approximate surface area is 116 Å². The lowest BCUT2D eigenvalue weighted by molar-refractivity contribution is 0.297. The summed E-state index contributed by atoms with van der Waals surface area (Å²) in [4.78, 5) is 4.44. The van der Waals surface area contributed by atoms with Gasteiger partial charge < -0.3 is 15.2 Å². The predicted octanol–water partition coefficient (Wildman–Crippen LogP) is 2.66. The standard InChI is InChI=1S/C14H16N2O2S/c1-9-8-19-14(16-9)13(15)10-3-4-11-12(7-10)18-6-2-5-17-11/h3-4,7-8,13H,2,5-6,15H2,1H3. The summed E-state index contributed by atoms with van der Waals surface area (Å²) in [5.74, 6) is 1.57. The zero-order chi connectivity index (χ0) is 13.2. The summed E-state index contributed by atoms with van der Waals surface area (Å²) in [7, 11) is 0. The van der Waals surface area contributed by atoms with Crippen LogP contribution in [0.2, 0.25) is 0 Å². The molecule has 0 saturated heterocycles. The minimum atomic E-state index is -0.212. The Morgan fingerprint density at radius 1 is 1.26 bits per heavy atom. The van der Waals surface area contributed by atoms with Gasteiger partial charge in [-0.2, -0.15) is 0 Å². The van der Waals surface area contributed by atoms with Crippen LogP contribution in [0.1, 0.15) is 28.7 Å². The van der Waals surface area contributed by atoms with E-state index in [1.165, 1.54) is 0 Å². The van der Waals surface area contributed by atoms with E-state index in [9.17, 15) is 0 Å². The summed E-state index contributed by atoms with van der Waals surface area (Å²) in [6.07, 6.45) is 0.905. The Balaban J connectivity index is 1.91. The number of aromatic nitrogens is 1. The molecule has 1 atom stereocenters. The van der Waals surface area contributed by atoms with E-state index in [1.807, 2.05) is 30.5 Å². The average molecular weight is 276 g/mol. The minimum absolute atomic E-state index is 0.212. The van der Waals surface area contributed by atoms with Gasteiger partial charge in [-0.1, -0.05) is 6.07 Å². The van der Waals surface area contributed by atoms with Crippen LogP contribution in [-0.4, -0.2) is 18.2 Å². The molecule has 2 heterocycles. The van der Waals surface area contributed by atoms with Crippen LogP contribution in [0.5, 0.6) is 11.5 Å². The highest BCUT2D eigenvalue weighted by Gasteiger charge is 2.16. The number of nitrogens with zero attached hydrogens (tertiary/aromatic N) is 1. The van der Waals surface area contributed by atoms with E-state index in [0.29, 0.717) is 13.2 Å². The lowest BCUT2D eigenvalue weighted by Crippen LogP contribution is -2.11. The minimum Gasteiger partial charge on any atom is -0.490 e. The van der Waals surface area contributed by atoms with E-state index in [-0.39, 0.29) is 6.04 Å². The van der Waals surface area contributed by atoms with E-state index in [4.69, 9.17) is 15.2 Å². The van der Waals surface area contributed by atoms with Crippen molar-refractivity contribution < 1.29 is 9.47 Å². The maximum atomic E-state index is 6.25. The highest BCUT2D eigenvalue weighted by Crippen LogP contribution is 2.33. The van der Waals surface area contributed by atoms with E-state index in [1.54, 1.807) is 11.3 Å². The molecule has 0 saturated carbocycles. The molecular formula is C14H16N2O2S. The normalized spacial score (nSPS) is 15.9. The molecule has 0 fully saturated rings. The first-order chi connectivity index (χ1) is 9.24. The monoisotopic (exact) mass is 276 g/mol. The van der Waals surface area contributed by atoms with E-state index < -0.39 is 0 Å². The molecule has 1 aliphatic heterocycles. The molecule has 0 spiro atoms. The van der Waals surface area contributed by atoms with E-state index >= 15 is 0 Å². The molecule has 1 aromatic carbocycles. The van der Waals surface area contributed by atoms with E-state index in [0.717, 1.165) is 34.2 Å². The SMILES string of the molecule is Cc1csc(C(N)c2ccc3c(c2)OCCCO3)n1. The summed E-state index contributed by atoms with van der Waals surface area (Å²) in [5.41, 5.74) is 8.26. The van der Waals surface area contributed by atoms with Gasteiger partial charge in [0.1, 0.15) is 5.01 Å². The number of nitrogens with two attached hydrogens (primary N) is 1. The number of fused-ring (bicyclic) bond motifs is 1. The van der Waals surface area contributed by atoms with Crippen molar-refractivity contribution in [3.8, 4) is 11.5 Å². The van der Waals surface area contributed by atoms with Gasteiger partial charge in [-0.15, -0.1) is 11.3 Å². The third kappa shape index (κ3) is 2.57. The zero-order valence-electron chi connectivity index (χ0n) is 10.8. The lowest BCUT2D eigenvalue weighted by atomic mass is 10.1. The van der Waals surface area contributed by atoms with Gasteiger partial charge in [0.05, 0.1) is 19.3 Å². The molecule has 4 nitrogen and oxygen atoms in total. The van der Waals surface area contributed by atoms with Crippen LogP contribution < -0.4 is 15.2 Å². The van der Waals surface area contributed by atoms with Crippen LogP contribution in [-0.2, 0) is 0 Å². The summed E-state index contributed by atoms with van der Waals surface area (Å²) >= 11 is 1.59. The average Bonchev–Trinajstić information content (AvgIpc) is 2.72. The Bertz CT molecular complexity index is 583. The maximum absolute atomic E-state index is 6.25. The molecule has 2 aromatic rings. The molecule has 1 unspecified atom stereocenters. The number of aryl methyl sites for hydroxylation is 1. The topological polar surface area (TPSA) is 57.4 Å². The van der Waals surface area contributed by atoms with Crippen LogP contribution in [0.3, 0.4) is 0 Å². The number of rotatable bonds is 2. The molecule has 0 aliphatic carbocycles. The summed E-state index contributed by atoms with van der Waals surface area (Å²) in [5, 5.41) is 2.94. The summed E-state index contributed by atoms with van der Waals surface area (Å²) in [6.45, 7) is 3.35. The number of hydrogen-bond donors (Lipinski definition) is 1. The third-order valence-corrected chi connectivity index (χ3v) is 4.08. The predicted molar refractivity (Wildman–Crippen MR) is 74.9 cm³/mol. The second kappa shape index (κ2) is 5.19. The van der Waals surface area contributed by atoms with Crippen LogP contribution in [0.4, 0.5) is 0 Å². The Morgan fingerprint density at radius 3 is 2.79 bits per heavy atom. The molecule has 1 aromatic heterocycles. The number of thiazole rings is 1. The molecule has 0 amide bonds. The second-order valence-electron chi connectivity index (χ2n) is 4.56.